The zero-order valence-corrected chi connectivity index (χ0v) is 12.8. The summed E-state index contributed by atoms with van der Waals surface area (Å²) in [4.78, 5) is 0.189. The fraction of sp³-hybridized carbons (Fsp3) is 0.214. The molecule has 0 radical (unpaired) electrons. The maximum atomic E-state index is 12.6. The summed E-state index contributed by atoms with van der Waals surface area (Å²) in [6.45, 7) is 2.05. The normalized spacial score (nSPS) is 11.5. The van der Waals surface area contributed by atoms with Crippen LogP contribution in [0.25, 0.3) is 0 Å². The second-order valence-corrected chi connectivity index (χ2v) is 7.28. The minimum atomic E-state index is -3.59. The van der Waals surface area contributed by atoms with Crippen LogP contribution >= 0.6 is 11.3 Å². The fourth-order valence-electron chi connectivity index (χ4n) is 1.84. The van der Waals surface area contributed by atoms with Crippen LogP contribution in [0.1, 0.15) is 16.7 Å². The molecule has 0 fully saturated rings. The van der Waals surface area contributed by atoms with Crippen molar-refractivity contribution >= 4 is 21.4 Å². The van der Waals surface area contributed by atoms with Crippen molar-refractivity contribution in [2.45, 2.75) is 18.4 Å². The minimum Gasteiger partial charge on any atom is -0.207 e. The molecule has 1 aromatic heterocycles. The molecule has 2 rings (SSSR count). The molecule has 0 unspecified atom stereocenters. The van der Waals surface area contributed by atoms with Gasteiger partial charge in [0.15, 0.2) is 0 Å². The Bertz CT molecular complexity index is 744. The third-order valence-electron chi connectivity index (χ3n) is 2.99. The van der Waals surface area contributed by atoms with Gasteiger partial charge in [0.05, 0.1) is 16.5 Å². The van der Waals surface area contributed by atoms with Crippen LogP contribution in [0.15, 0.2) is 39.9 Å². The van der Waals surface area contributed by atoms with Crippen molar-refractivity contribution in [3.05, 3.63) is 51.7 Å². The second kappa shape index (κ2) is 5.75. The van der Waals surface area contributed by atoms with Gasteiger partial charge in [0.25, 0.3) is 0 Å². The van der Waals surface area contributed by atoms with Gasteiger partial charge < -0.3 is 0 Å². The summed E-state index contributed by atoms with van der Waals surface area (Å²) in [5.41, 5.74) is 1.94. The van der Waals surface area contributed by atoms with E-state index >= 15 is 0 Å². The number of sulfonamides is 1. The highest BCUT2D eigenvalue weighted by atomic mass is 32.2. The molecule has 4 nitrogen and oxygen atoms in total. The Morgan fingerprint density at radius 3 is 2.70 bits per heavy atom. The van der Waals surface area contributed by atoms with E-state index in [1.807, 2.05) is 22.9 Å². The molecular weight excluding hydrogens is 292 g/mol. The molecule has 0 spiro atoms. The smallest absolute Gasteiger partial charge is 0.207 e. The Kier molecular flexibility index (Phi) is 4.23. The van der Waals surface area contributed by atoms with Gasteiger partial charge in [-0.25, -0.2) is 8.42 Å². The number of aryl methyl sites for hydroxylation is 1. The molecule has 0 atom stereocenters. The number of benzene rings is 1. The summed E-state index contributed by atoms with van der Waals surface area (Å²) < 4.78 is 26.4. The van der Waals surface area contributed by atoms with Gasteiger partial charge in [-0.15, -0.1) is 0 Å². The molecule has 0 aliphatic rings. The zero-order chi connectivity index (χ0) is 14.8. The molecule has 6 heteroatoms. The monoisotopic (exact) mass is 306 g/mol. The van der Waals surface area contributed by atoms with Crippen molar-refractivity contribution in [1.82, 2.24) is 4.31 Å². The van der Waals surface area contributed by atoms with Gasteiger partial charge in [0.1, 0.15) is 0 Å². The van der Waals surface area contributed by atoms with Gasteiger partial charge in [-0.1, -0.05) is 6.07 Å². The lowest BCUT2D eigenvalue weighted by molar-refractivity contribution is 0.467. The number of hydrogen-bond donors (Lipinski definition) is 0. The Hall–Kier alpha value is -1.68. The first-order valence-electron chi connectivity index (χ1n) is 5.93. The molecule has 0 saturated carbocycles. The highest BCUT2D eigenvalue weighted by Gasteiger charge is 2.23. The van der Waals surface area contributed by atoms with Crippen LogP contribution in [0.4, 0.5) is 0 Å². The first-order chi connectivity index (χ1) is 9.45. The van der Waals surface area contributed by atoms with Gasteiger partial charge in [-0.05, 0) is 47.0 Å². The first-order valence-corrected chi connectivity index (χ1v) is 8.31. The predicted molar refractivity (Wildman–Crippen MR) is 78.9 cm³/mol. The number of thiophene rings is 1. The highest BCUT2D eigenvalue weighted by molar-refractivity contribution is 7.89. The number of nitriles is 1. The van der Waals surface area contributed by atoms with Crippen LogP contribution in [-0.2, 0) is 16.6 Å². The Morgan fingerprint density at radius 2 is 2.10 bits per heavy atom. The molecular formula is C14H14N2O2S2. The average Bonchev–Trinajstić information content (AvgIpc) is 2.92. The predicted octanol–water partition coefficient (Wildman–Crippen LogP) is 2.75. The van der Waals surface area contributed by atoms with Gasteiger partial charge >= 0.3 is 0 Å². The van der Waals surface area contributed by atoms with Crippen LogP contribution in [0.3, 0.4) is 0 Å². The summed E-state index contributed by atoms with van der Waals surface area (Å²) in [6.07, 6.45) is 0. The summed E-state index contributed by atoms with van der Waals surface area (Å²) in [6, 6.07) is 8.57. The van der Waals surface area contributed by atoms with Crippen molar-refractivity contribution in [2.75, 3.05) is 7.05 Å². The van der Waals surface area contributed by atoms with E-state index in [2.05, 4.69) is 0 Å². The highest BCUT2D eigenvalue weighted by Crippen LogP contribution is 2.22. The molecule has 2 aromatic rings. The summed E-state index contributed by atoms with van der Waals surface area (Å²) in [5.74, 6) is 0. The molecule has 0 aliphatic carbocycles. The molecule has 0 amide bonds. The molecule has 104 valence electrons. The third-order valence-corrected chi connectivity index (χ3v) is 5.67. The van der Waals surface area contributed by atoms with Gasteiger partial charge in [-0.3, -0.25) is 0 Å². The molecule has 1 aromatic carbocycles. The quantitative estimate of drug-likeness (QED) is 0.872. The molecule has 1 heterocycles. The van der Waals surface area contributed by atoms with Crippen molar-refractivity contribution in [2.24, 2.45) is 0 Å². The van der Waals surface area contributed by atoms with Crippen molar-refractivity contribution in [1.29, 1.82) is 5.26 Å². The Balaban J connectivity index is 2.37. The third kappa shape index (κ3) is 2.90. The SMILES string of the molecule is Cc1ccc(C#N)cc1S(=O)(=O)N(C)Cc1ccsc1. The number of hydrogen-bond acceptors (Lipinski definition) is 4. The van der Waals surface area contributed by atoms with E-state index in [9.17, 15) is 8.42 Å². The fourth-order valence-corrected chi connectivity index (χ4v) is 3.91. The number of nitrogens with zero attached hydrogens (tertiary/aromatic N) is 2. The van der Waals surface area contributed by atoms with E-state index in [0.717, 1.165) is 5.56 Å². The van der Waals surface area contributed by atoms with E-state index in [1.54, 1.807) is 26.1 Å². The van der Waals surface area contributed by atoms with E-state index in [1.165, 1.54) is 21.7 Å². The van der Waals surface area contributed by atoms with E-state index in [0.29, 0.717) is 17.7 Å². The standard InChI is InChI=1S/C14H14N2O2S2/c1-11-3-4-12(8-15)7-14(11)20(17,18)16(2)9-13-5-6-19-10-13/h3-7,10H,9H2,1-2H3. The number of rotatable bonds is 4. The molecule has 0 bridgehead atoms. The molecule has 0 aliphatic heterocycles. The Labute approximate surface area is 123 Å². The lowest BCUT2D eigenvalue weighted by Gasteiger charge is -2.18. The van der Waals surface area contributed by atoms with Gasteiger partial charge in [-0.2, -0.15) is 20.9 Å². The topological polar surface area (TPSA) is 61.2 Å². The molecule has 20 heavy (non-hydrogen) atoms. The maximum absolute atomic E-state index is 12.6. The Morgan fingerprint density at radius 1 is 1.35 bits per heavy atom. The largest absolute Gasteiger partial charge is 0.243 e. The van der Waals surface area contributed by atoms with Gasteiger partial charge in [0.2, 0.25) is 10.0 Å². The molecule has 0 saturated heterocycles. The van der Waals surface area contributed by atoms with Crippen LogP contribution in [0.5, 0.6) is 0 Å². The van der Waals surface area contributed by atoms with Crippen LogP contribution in [0, 0.1) is 18.3 Å². The van der Waals surface area contributed by atoms with Crippen molar-refractivity contribution < 1.29 is 8.42 Å². The van der Waals surface area contributed by atoms with Gasteiger partial charge in [0, 0.05) is 13.6 Å². The summed E-state index contributed by atoms with van der Waals surface area (Å²) >= 11 is 1.53. The lowest BCUT2D eigenvalue weighted by Crippen LogP contribution is -2.27. The van der Waals surface area contributed by atoms with E-state index in [4.69, 9.17) is 5.26 Å². The summed E-state index contributed by atoms with van der Waals surface area (Å²) in [5, 5.41) is 12.7. The van der Waals surface area contributed by atoms with Crippen LogP contribution in [-0.4, -0.2) is 19.8 Å². The summed E-state index contributed by atoms with van der Waals surface area (Å²) in [7, 11) is -2.04. The van der Waals surface area contributed by atoms with E-state index < -0.39 is 10.0 Å². The zero-order valence-electron chi connectivity index (χ0n) is 11.2. The van der Waals surface area contributed by atoms with E-state index in [-0.39, 0.29) is 4.90 Å². The lowest BCUT2D eigenvalue weighted by atomic mass is 10.2. The average molecular weight is 306 g/mol. The second-order valence-electron chi connectivity index (χ2n) is 4.48. The van der Waals surface area contributed by atoms with Crippen LogP contribution < -0.4 is 0 Å². The maximum Gasteiger partial charge on any atom is 0.243 e. The minimum absolute atomic E-state index is 0.189. The van der Waals surface area contributed by atoms with Crippen molar-refractivity contribution in [3.8, 4) is 6.07 Å². The van der Waals surface area contributed by atoms with Crippen molar-refractivity contribution in [3.63, 3.8) is 0 Å². The van der Waals surface area contributed by atoms with Crippen LogP contribution in [0.2, 0.25) is 0 Å². The molecule has 0 N–H and O–H groups in total. The first kappa shape index (κ1) is 14.7.